The molecule has 0 aromatic carbocycles. The van der Waals surface area contributed by atoms with Crippen molar-refractivity contribution in [1.29, 1.82) is 0 Å². The summed E-state index contributed by atoms with van der Waals surface area (Å²) < 4.78 is 5.68. The van der Waals surface area contributed by atoms with Crippen molar-refractivity contribution in [3.8, 4) is 0 Å². The number of aldehydes is 1. The van der Waals surface area contributed by atoms with E-state index in [-0.39, 0.29) is 17.8 Å². The van der Waals surface area contributed by atoms with Crippen LogP contribution in [0.1, 0.15) is 58.3 Å². The highest BCUT2D eigenvalue weighted by atomic mass is 16.6. The molecule has 1 aliphatic heterocycles. The molecule has 2 aliphatic rings. The highest BCUT2D eigenvalue weighted by molar-refractivity contribution is 6.07. The van der Waals surface area contributed by atoms with Gasteiger partial charge in [0.05, 0.1) is 6.10 Å². The lowest BCUT2D eigenvalue weighted by atomic mass is 9.96. The molecule has 0 spiro atoms. The van der Waals surface area contributed by atoms with Crippen LogP contribution in [-0.2, 0) is 14.3 Å². The molecule has 1 aliphatic carbocycles. The van der Waals surface area contributed by atoms with Crippen LogP contribution in [0.15, 0.2) is 36.0 Å². The Kier molecular flexibility index (Phi) is 7.47. The molecule has 0 amide bonds. The van der Waals surface area contributed by atoms with Crippen LogP contribution in [0.5, 0.6) is 0 Å². The Hall–Kier alpha value is -1.48. The summed E-state index contributed by atoms with van der Waals surface area (Å²) in [4.78, 5) is 22.3. The minimum Gasteiger partial charge on any atom is -0.365 e. The normalized spacial score (nSPS) is 28.1. The van der Waals surface area contributed by atoms with Gasteiger partial charge in [0.25, 0.3) is 0 Å². The van der Waals surface area contributed by atoms with E-state index in [1.807, 2.05) is 12.2 Å². The quantitative estimate of drug-likeness (QED) is 0.187. The van der Waals surface area contributed by atoms with E-state index in [4.69, 9.17) is 4.74 Å². The zero-order valence-corrected chi connectivity index (χ0v) is 14.1. The highest BCUT2D eigenvalue weighted by Gasteiger charge is 2.38. The zero-order chi connectivity index (χ0) is 16.5. The maximum absolute atomic E-state index is 12.0. The van der Waals surface area contributed by atoms with Crippen molar-refractivity contribution in [3.05, 3.63) is 36.0 Å². The average molecular weight is 316 g/mol. The number of ether oxygens (including phenoxy) is 1. The predicted octanol–water partition coefficient (Wildman–Crippen LogP) is 4.33. The van der Waals surface area contributed by atoms with Crippen molar-refractivity contribution in [1.82, 2.24) is 0 Å². The van der Waals surface area contributed by atoms with Gasteiger partial charge in [-0.1, -0.05) is 44.4 Å². The molecule has 3 atom stereocenters. The van der Waals surface area contributed by atoms with E-state index in [9.17, 15) is 9.59 Å². The molecular formula is C20H28O3. The standard InChI is InChI=1S/C20H28O3/c1-2-3-7-11-19-20(23-19)15-17-16(12-13-18(17)22)10-8-5-4-6-9-14-21/h5,8,12-16,19-20H,2-4,6-7,9-11H2,1H3/b8-5-,17-15+/t16-,19+,20+/m0/s1. The number of carbonyl (C=O) groups is 2. The van der Waals surface area contributed by atoms with E-state index in [0.717, 1.165) is 37.5 Å². The third-order valence-electron chi connectivity index (χ3n) is 4.47. The fourth-order valence-electron chi connectivity index (χ4n) is 2.99. The lowest BCUT2D eigenvalue weighted by Crippen LogP contribution is -2.04. The van der Waals surface area contributed by atoms with Crippen LogP contribution in [-0.4, -0.2) is 24.3 Å². The summed E-state index contributed by atoms with van der Waals surface area (Å²) in [6.45, 7) is 2.20. The summed E-state index contributed by atoms with van der Waals surface area (Å²) in [7, 11) is 0. The predicted molar refractivity (Wildman–Crippen MR) is 92.2 cm³/mol. The lowest BCUT2D eigenvalue weighted by Gasteiger charge is -2.06. The number of carbonyl (C=O) groups excluding carboxylic acids is 2. The second-order valence-corrected chi connectivity index (χ2v) is 6.39. The van der Waals surface area contributed by atoms with Crippen molar-refractivity contribution in [2.45, 2.75) is 70.5 Å². The fourth-order valence-corrected chi connectivity index (χ4v) is 2.99. The zero-order valence-electron chi connectivity index (χ0n) is 14.1. The largest absolute Gasteiger partial charge is 0.365 e. The average Bonchev–Trinajstić information content (AvgIpc) is 3.20. The molecule has 3 nitrogen and oxygen atoms in total. The van der Waals surface area contributed by atoms with Crippen LogP contribution in [0.4, 0.5) is 0 Å². The Morgan fingerprint density at radius 1 is 1.17 bits per heavy atom. The third kappa shape index (κ3) is 5.91. The summed E-state index contributed by atoms with van der Waals surface area (Å²) >= 11 is 0. The number of epoxide rings is 1. The van der Waals surface area contributed by atoms with Crippen LogP contribution >= 0.6 is 0 Å². The monoisotopic (exact) mass is 316 g/mol. The first-order chi connectivity index (χ1) is 11.3. The van der Waals surface area contributed by atoms with Crippen molar-refractivity contribution in [2.75, 3.05) is 0 Å². The van der Waals surface area contributed by atoms with Crippen LogP contribution in [0, 0.1) is 5.92 Å². The SMILES string of the molecule is CCCCC[C@H]1O[C@@H]1/C=C1/C(=O)C=C[C@@H]1C/C=C\CCCC=O. The van der Waals surface area contributed by atoms with Crippen LogP contribution in [0.3, 0.4) is 0 Å². The molecule has 1 saturated heterocycles. The van der Waals surface area contributed by atoms with Crippen molar-refractivity contribution < 1.29 is 14.3 Å². The number of hydrogen-bond donors (Lipinski definition) is 0. The molecule has 3 heteroatoms. The summed E-state index contributed by atoms with van der Waals surface area (Å²) in [6.07, 6.45) is 19.5. The Labute approximate surface area is 139 Å². The smallest absolute Gasteiger partial charge is 0.181 e. The van der Waals surface area contributed by atoms with E-state index in [1.165, 1.54) is 19.3 Å². The van der Waals surface area contributed by atoms with Gasteiger partial charge in [0, 0.05) is 17.9 Å². The number of ketones is 1. The lowest BCUT2D eigenvalue weighted by molar-refractivity contribution is -0.111. The molecule has 0 aromatic rings. The van der Waals surface area contributed by atoms with Crippen molar-refractivity contribution in [2.24, 2.45) is 5.92 Å². The van der Waals surface area contributed by atoms with E-state index in [0.29, 0.717) is 12.5 Å². The van der Waals surface area contributed by atoms with Crippen molar-refractivity contribution in [3.63, 3.8) is 0 Å². The van der Waals surface area contributed by atoms with Gasteiger partial charge >= 0.3 is 0 Å². The van der Waals surface area contributed by atoms with Crippen molar-refractivity contribution >= 4 is 12.1 Å². The third-order valence-corrected chi connectivity index (χ3v) is 4.47. The van der Waals surface area contributed by atoms with Gasteiger partial charge in [-0.15, -0.1) is 0 Å². The molecule has 1 fully saturated rings. The van der Waals surface area contributed by atoms with Crippen LogP contribution in [0.25, 0.3) is 0 Å². The van der Waals surface area contributed by atoms with Gasteiger partial charge in [-0.2, -0.15) is 0 Å². The van der Waals surface area contributed by atoms with E-state index < -0.39 is 0 Å². The Balaban J connectivity index is 1.77. The van der Waals surface area contributed by atoms with Gasteiger partial charge in [-0.25, -0.2) is 0 Å². The molecule has 0 radical (unpaired) electrons. The number of unbranched alkanes of at least 4 members (excludes halogenated alkanes) is 4. The first-order valence-corrected chi connectivity index (χ1v) is 8.94. The molecule has 0 saturated carbocycles. The second-order valence-electron chi connectivity index (χ2n) is 6.39. The van der Waals surface area contributed by atoms with Gasteiger partial charge in [-0.05, 0) is 37.8 Å². The number of allylic oxidation sites excluding steroid dienone is 5. The first-order valence-electron chi connectivity index (χ1n) is 8.94. The number of hydrogen-bond acceptors (Lipinski definition) is 3. The van der Waals surface area contributed by atoms with Gasteiger partial charge in [0.2, 0.25) is 0 Å². The van der Waals surface area contributed by atoms with E-state index in [1.54, 1.807) is 6.08 Å². The molecule has 0 unspecified atom stereocenters. The van der Waals surface area contributed by atoms with E-state index >= 15 is 0 Å². The van der Waals surface area contributed by atoms with Gasteiger partial charge < -0.3 is 9.53 Å². The maximum Gasteiger partial charge on any atom is 0.181 e. The molecule has 126 valence electrons. The molecule has 1 heterocycles. The topological polar surface area (TPSA) is 46.7 Å². The molecule has 0 aromatic heterocycles. The summed E-state index contributed by atoms with van der Waals surface area (Å²) in [6, 6.07) is 0. The second kappa shape index (κ2) is 9.61. The van der Waals surface area contributed by atoms with Gasteiger partial charge in [-0.3, -0.25) is 4.79 Å². The minimum atomic E-state index is 0.132. The molecule has 23 heavy (non-hydrogen) atoms. The minimum absolute atomic E-state index is 0.132. The van der Waals surface area contributed by atoms with Crippen LogP contribution in [0.2, 0.25) is 0 Å². The Morgan fingerprint density at radius 2 is 2.04 bits per heavy atom. The summed E-state index contributed by atoms with van der Waals surface area (Å²) in [5.41, 5.74) is 0.894. The Bertz CT molecular complexity index is 487. The summed E-state index contributed by atoms with van der Waals surface area (Å²) in [5.74, 6) is 0.317. The molecule has 2 rings (SSSR count). The Morgan fingerprint density at radius 3 is 2.83 bits per heavy atom. The van der Waals surface area contributed by atoms with Gasteiger partial charge in [0.1, 0.15) is 12.4 Å². The van der Waals surface area contributed by atoms with E-state index in [2.05, 4.69) is 19.1 Å². The molecular weight excluding hydrogens is 288 g/mol. The highest BCUT2D eigenvalue weighted by Crippen LogP contribution is 2.33. The number of rotatable bonds is 11. The first kappa shape index (κ1) is 17.9. The van der Waals surface area contributed by atoms with Crippen LogP contribution < -0.4 is 0 Å². The molecule has 0 N–H and O–H groups in total. The maximum atomic E-state index is 12.0. The summed E-state index contributed by atoms with van der Waals surface area (Å²) in [5, 5.41) is 0. The fraction of sp³-hybridized carbons (Fsp3) is 0.600. The molecule has 0 bridgehead atoms. The van der Waals surface area contributed by atoms with Gasteiger partial charge in [0.15, 0.2) is 5.78 Å².